The number of nitrogens with zero attached hydrogens (tertiary/aromatic N) is 2. The summed E-state index contributed by atoms with van der Waals surface area (Å²) in [7, 11) is 0. The lowest BCUT2D eigenvalue weighted by Crippen LogP contribution is -2.37. The van der Waals surface area contributed by atoms with Gasteiger partial charge in [0.25, 0.3) is 0 Å². The zero-order chi connectivity index (χ0) is 20.7. The van der Waals surface area contributed by atoms with Crippen LogP contribution in [-0.4, -0.2) is 42.4 Å². The molecule has 0 bridgehead atoms. The Morgan fingerprint density at radius 2 is 1.66 bits per heavy atom. The summed E-state index contributed by atoms with van der Waals surface area (Å²) in [6.07, 6.45) is 0.271. The first-order valence-electron chi connectivity index (χ1n) is 10.3. The molecule has 1 unspecified atom stereocenters. The number of hydrogen-bond donors (Lipinski definition) is 1. The SMILES string of the molecule is Cc1cc(C)c(N2CC(C(=O)N3C[C@@H](N)[C@H](c4ccccc4)C3)CC2=O)c(C)c1. The van der Waals surface area contributed by atoms with Crippen LogP contribution in [0.5, 0.6) is 0 Å². The van der Waals surface area contributed by atoms with Gasteiger partial charge >= 0.3 is 0 Å². The van der Waals surface area contributed by atoms with Crippen molar-refractivity contribution in [1.29, 1.82) is 0 Å². The summed E-state index contributed by atoms with van der Waals surface area (Å²) in [6.45, 7) is 7.73. The van der Waals surface area contributed by atoms with E-state index in [-0.39, 0.29) is 36.1 Å². The maximum absolute atomic E-state index is 13.2. The predicted molar refractivity (Wildman–Crippen MR) is 115 cm³/mol. The molecule has 0 aliphatic carbocycles. The van der Waals surface area contributed by atoms with Crippen LogP contribution < -0.4 is 10.6 Å². The number of nitrogens with two attached hydrogens (primary N) is 1. The van der Waals surface area contributed by atoms with E-state index in [0.717, 1.165) is 16.8 Å². The molecule has 5 nitrogen and oxygen atoms in total. The maximum atomic E-state index is 13.2. The van der Waals surface area contributed by atoms with E-state index in [1.807, 2.05) is 36.9 Å². The monoisotopic (exact) mass is 391 g/mol. The van der Waals surface area contributed by atoms with Crippen LogP contribution >= 0.6 is 0 Å². The minimum absolute atomic E-state index is 0.0292. The largest absolute Gasteiger partial charge is 0.340 e. The van der Waals surface area contributed by atoms with Crippen LogP contribution in [0.4, 0.5) is 5.69 Å². The standard InChI is InChI=1S/C24H29N3O2/c1-15-9-16(2)23(17(3)10-15)27-12-19(11-22(27)28)24(29)26-13-20(21(25)14-26)18-7-5-4-6-8-18/h4-10,19-21H,11-14,25H2,1-3H3/t19?,20-,21+/m0/s1. The summed E-state index contributed by atoms with van der Waals surface area (Å²) in [6, 6.07) is 14.3. The normalized spacial score (nSPS) is 24.4. The molecule has 2 heterocycles. The van der Waals surface area contributed by atoms with Crippen molar-refractivity contribution in [3.05, 3.63) is 64.7 Å². The van der Waals surface area contributed by atoms with Crippen molar-refractivity contribution >= 4 is 17.5 Å². The van der Waals surface area contributed by atoms with Gasteiger partial charge in [0.15, 0.2) is 0 Å². The Morgan fingerprint density at radius 1 is 1.00 bits per heavy atom. The zero-order valence-electron chi connectivity index (χ0n) is 17.4. The van der Waals surface area contributed by atoms with E-state index in [1.54, 1.807) is 4.90 Å². The summed E-state index contributed by atoms with van der Waals surface area (Å²) >= 11 is 0. The van der Waals surface area contributed by atoms with Crippen molar-refractivity contribution in [2.24, 2.45) is 11.7 Å². The lowest BCUT2D eigenvalue weighted by atomic mass is 9.95. The van der Waals surface area contributed by atoms with Gasteiger partial charge in [0.05, 0.1) is 5.92 Å². The summed E-state index contributed by atoms with van der Waals surface area (Å²) < 4.78 is 0. The van der Waals surface area contributed by atoms with Gasteiger partial charge in [-0.15, -0.1) is 0 Å². The van der Waals surface area contributed by atoms with Gasteiger partial charge in [0.2, 0.25) is 11.8 Å². The number of benzene rings is 2. The van der Waals surface area contributed by atoms with Crippen molar-refractivity contribution in [3.8, 4) is 0 Å². The number of anilines is 1. The smallest absolute Gasteiger partial charge is 0.228 e. The topological polar surface area (TPSA) is 66.6 Å². The fraction of sp³-hybridized carbons (Fsp3) is 0.417. The van der Waals surface area contributed by atoms with E-state index < -0.39 is 0 Å². The Balaban J connectivity index is 1.49. The van der Waals surface area contributed by atoms with E-state index in [1.165, 1.54) is 11.1 Å². The average Bonchev–Trinajstić information content (AvgIpc) is 3.24. The number of likely N-dealkylation sites (tertiary alicyclic amines) is 1. The molecule has 29 heavy (non-hydrogen) atoms. The number of rotatable bonds is 3. The Labute approximate surface area is 172 Å². The molecular formula is C24H29N3O2. The Kier molecular flexibility index (Phi) is 5.17. The van der Waals surface area contributed by atoms with Gasteiger partial charge in [-0.1, -0.05) is 48.0 Å². The molecule has 0 saturated carbocycles. The summed E-state index contributed by atoms with van der Waals surface area (Å²) in [5.41, 5.74) is 11.8. The highest BCUT2D eigenvalue weighted by molar-refractivity contribution is 6.01. The van der Waals surface area contributed by atoms with Gasteiger partial charge < -0.3 is 15.5 Å². The lowest BCUT2D eigenvalue weighted by Gasteiger charge is -2.23. The third kappa shape index (κ3) is 3.67. The zero-order valence-corrected chi connectivity index (χ0v) is 17.4. The first-order valence-corrected chi connectivity index (χ1v) is 10.3. The molecule has 152 valence electrons. The minimum atomic E-state index is -0.302. The van der Waals surface area contributed by atoms with Gasteiger partial charge in [-0.2, -0.15) is 0 Å². The van der Waals surface area contributed by atoms with Crippen molar-refractivity contribution in [2.45, 2.75) is 39.2 Å². The number of hydrogen-bond acceptors (Lipinski definition) is 3. The summed E-state index contributed by atoms with van der Waals surface area (Å²) in [4.78, 5) is 29.6. The fourth-order valence-corrected chi connectivity index (χ4v) is 5.01. The molecule has 2 amide bonds. The van der Waals surface area contributed by atoms with Gasteiger partial charge in [-0.3, -0.25) is 9.59 Å². The number of amides is 2. The first kappa shape index (κ1) is 19.6. The van der Waals surface area contributed by atoms with Crippen LogP contribution in [0, 0.1) is 26.7 Å². The van der Waals surface area contributed by atoms with Gasteiger partial charge in [-0.05, 0) is 37.5 Å². The number of aryl methyl sites for hydroxylation is 3. The van der Waals surface area contributed by atoms with E-state index in [0.29, 0.717) is 19.6 Å². The second-order valence-electron chi connectivity index (χ2n) is 8.58. The highest BCUT2D eigenvalue weighted by Crippen LogP contribution is 2.34. The van der Waals surface area contributed by atoms with Gasteiger partial charge in [0, 0.05) is 43.7 Å². The highest BCUT2D eigenvalue weighted by Gasteiger charge is 2.41. The van der Waals surface area contributed by atoms with Crippen molar-refractivity contribution in [1.82, 2.24) is 4.90 Å². The molecule has 2 N–H and O–H groups in total. The molecule has 2 aromatic rings. The Bertz CT molecular complexity index is 917. The number of carbonyl (C=O) groups is 2. The number of carbonyl (C=O) groups excluding carboxylic acids is 2. The van der Waals surface area contributed by atoms with Crippen LogP contribution in [0.3, 0.4) is 0 Å². The van der Waals surface area contributed by atoms with Crippen LogP contribution in [0.25, 0.3) is 0 Å². The fourth-order valence-electron chi connectivity index (χ4n) is 5.01. The summed E-state index contributed by atoms with van der Waals surface area (Å²) in [5.74, 6) is -0.0714. The summed E-state index contributed by atoms with van der Waals surface area (Å²) in [5, 5.41) is 0. The molecule has 0 radical (unpaired) electrons. The molecule has 2 fully saturated rings. The third-order valence-corrected chi connectivity index (χ3v) is 6.28. The molecule has 4 rings (SSSR count). The molecule has 2 aliphatic rings. The van der Waals surface area contributed by atoms with Gasteiger partial charge in [-0.25, -0.2) is 0 Å². The van der Waals surface area contributed by atoms with Crippen molar-refractivity contribution < 1.29 is 9.59 Å². The molecule has 2 aromatic carbocycles. The van der Waals surface area contributed by atoms with Crippen LogP contribution in [0.2, 0.25) is 0 Å². The Morgan fingerprint density at radius 3 is 2.31 bits per heavy atom. The molecular weight excluding hydrogens is 362 g/mol. The van der Waals surface area contributed by atoms with E-state index in [4.69, 9.17) is 5.73 Å². The van der Waals surface area contributed by atoms with Crippen LogP contribution in [-0.2, 0) is 9.59 Å². The Hall–Kier alpha value is -2.66. The van der Waals surface area contributed by atoms with Gasteiger partial charge in [0.1, 0.15) is 0 Å². The molecule has 0 spiro atoms. The van der Waals surface area contributed by atoms with Crippen molar-refractivity contribution in [3.63, 3.8) is 0 Å². The van der Waals surface area contributed by atoms with E-state index in [9.17, 15) is 9.59 Å². The third-order valence-electron chi connectivity index (χ3n) is 6.28. The quantitative estimate of drug-likeness (QED) is 0.875. The van der Waals surface area contributed by atoms with E-state index >= 15 is 0 Å². The van der Waals surface area contributed by atoms with Crippen molar-refractivity contribution in [2.75, 3.05) is 24.5 Å². The molecule has 0 aromatic heterocycles. The molecule has 5 heteroatoms. The molecule has 2 saturated heterocycles. The highest BCUT2D eigenvalue weighted by atomic mass is 16.2. The maximum Gasteiger partial charge on any atom is 0.228 e. The molecule has 3 atom stereocenters. The molecule has 2 aliphatic heterocycles. The van der Waals surface area contributed by atoms with Crippen LogP contribution in [0.1, 0.15) is 34.6 Å². The van der Waals surface area contributed by atoms with Crippen LogP contribution in [0.15, 0.2) is 42.5 Å². The predicted octanol–water partition coefficient (Wildman–Crippen LogP) is 2.92. The minimum Gasteiger partial charge on any atom is -0.340 e. The second kappa shape index (κ2) is 7.64. The van der Waals surface area contributed by atoms with E-state index in [2.05, 4.69) is 31.2 Å². The second-order valence-corrected chi connectivity index (χ2v) is 8.58. The first-order chi connectivity index (χ1) is 13.8. The average molecular weight is 392 g/mol. The lowest BCUT2D eigenvalue weighted by molar-refractivity contribution is -0.134.